The van der Waals surface area contributed by atoms with Crippen molar-refractivity contribution in [1.82, 2.24) is 5.32 Å². The molecule has 8 heteroatoms. The second-order valence-electron chi connectivity index (χ2n) is 6.98. The van der Waals surface area contributed by atoms with Gasteiger partial charge in [-0.25, -0.2) is 4.79 Å². The fourth-order valence-electron chi connectivity index (χ4n) is 1.95. The SMILES string of the molecule is CC(C)(C)OC(=O)NCCOCCOCCOCCOCCCCCCCl. The third-order valence-corrected chi connectivity index (χ3v) is 3.47. The zero-order valence-electron chi connectivity index (χ0n) is 17.2. The first kappa shape index (κ1) is 26.4. The molecule has 0 fully saturated rings. The van der Waals surface area contributed by atoms with E-state index in [1.807, 2.05) is 20.8 Å². The van der Waals surface area contributed by atoms with E-state index in [0.717, 1.165) is 25.3 Å². The average Bonchev–Trinajstić information content (AvgIpc) is 2.59. The number of rotatable bonds is 18. The molecule has 0 spiro atoms. The van der Waals surface area contributed by atoms with Gasteiger partial charge in [-0.2, -0.15) is 0 Å². The van der Waals surface area contributed by atoms with E-state index in [1.54, 1.807) is 0 Å². The number of hydrogen-bond donors (Lipinski definition) is 1. The summed E-state index contributed by atoms with van der Waals surface area (Å²) in [5.41, 5.74) is -0.489. The van der Waals surface area contributed by atoms with Crippen molar-refractivity contribution in [3.8, 4) is 0 Å². The van der Waals surface area contributed by atoms with Gasteiger partial charge in [0.15, 0.2) is 0 Å². The molecule has 0 bridgehead atoms. The number of carbonyl (C=O) groups excluding carboxylic acids is 1. The maximum absolute atomic E-state index is 11.4. The smallest absolute Gasteiger partial charge is 0.407 e. The van der Waals surface area contributed by atoms with Crippen LogP contribution in [-0.2, 0) is 23.7 Å². The average molecular weight is 412 g/mol. The summed E-state index contributed by atoms with van der Waals surface area (Å²) < 4.78 is 26.8. The van der Waals surface area contributed by atoms with Gasteiger partial charge < -0.3 is 29.0 Å². The molecule has 0 unspecified atom stereocenters. The molecule has 0 aliphatic carbocycles. The van der Waals surface area contributed by atoms with Gasteiger partial charge in [0.1, 0.15) is 5.60 Å². The van der Waals surface area contributed by atoms with Crippen LogP contribution in [0.1, 0.15) is 46.5 Å². The van der Waals surface area contributed by atoms with Gasteiger partial charge in [0.25, 0.3) is 0 Å². The zero-order valence-corrected chi connectivity index (χ0v) is 18.0. The van der Waals surface area contributed by atoms with Crippen LogP contribution in [0.15, 0.2) is 0 Å². The highest BCUT2D eigenvalue weighted by molar-refractivity contribution is 6.17. The molecule has 0 heterocycles. The predicted octanol–water partition coefficient (Wildman–Crippen LogP) is 3.38. The van der Waals surface area contributed by atoms with E-state index in [2.05, 4.69) is 5.32 Å². The van der Waals surface area contributed by atoms with Crippen LogP contribution < -0.4 is 5.32 Å². The lowest BCUT2D eigenvalue weighted by atomic mass is 10.2. The Bertz CT molecular complexity index is 339. The maximum Gasteiger partial charge on any atom is 0.407 e. The summed E-state index contributed by atoms with van der Waals surface area (Å²) in [6, 6.07) is 0. The minimum Gasteiger partial charge on any atom is -0.444 e. The van der Waals surface area contributed by atoms with Crippen LogP contribution in [0.25, 0.3) is 0 Å². The van der Waals surface area contributed by atoms with Gasteiger partial charge in [-0.15, -0.1) is 11.6 Å². The van der Waals surface area contributed by atoms with Gasteiger partial charge in [0.05, 0.1) is 46.2 Å². The summed E-state index contributed by atoms with van der Waals surface area (Å²) in [4.78, 5) is 11.4. The molecule has 0 saturated heterocycles. The lowest BCUT2D eigenvalue weighted by molar-refractivity contribution is -0.00214. The van der Waals surface area contributed by atoms with E-state index in [1.165, 1.54) is 12.8 Å². The molecule has 0 atom stereocenters. The number of ether oxygens (including phenoxy) is 5. The number of carbonyl (C=O) groups is 1. The molecule has 0 aromatic carbocycles. The first-order valence-electron chi connectivity index (χ1n) is 9.79. The van der Waals surface area contributed by atoms with Crippen LogP contribution in [0.5, 0.6) is 0 Å². The molecule has 0 aliphatic heterocycles. The predicted molar refractivity (Wildman–Crippen MR) is 107 cm³/mol. The van der Waals surface area contributed by atoms with E-state index >= 15 is 0 Å². The van der Waals surface area contributed by atoms with Gasteiger partial charge in [0, 0.05) is 19.0 Å². The fraction of sp³-hybridized carbons (Fsp3) is 0.947. The molecule has 0 aromatic heterocycles. The van der Waals surface area contributed by atoms with Crippen LogP contribution in [-0.4, -0.2) is 77.0 Å². The monoisotopic (exact) mass is 411 g/mol. The van der Waals surface area contributed by atoms with Crippen LogP contribution >= 0.6 is 11.6 Å². The molecule has 1 amide bonds. The second-order valence-corrected chi connectivity index (χ2v) is 7.36. The minimum atomic E-state index is -0.489. The number of hydrogen-bond acceptors (Lipinski definition) is 6. The van der Waals surface area contributed by atoms with Crippen LogP contribution in [0.2, 0.25) is 0 Å². The van der Waals surface area contributed by atoms with Gasteiger partial charge in [0.2, 0.25) is 0 Å². The van der Waals surface area contributed by atoms with Crippen LogP contribution in [0, 0.1) is 0 Å². The van der Waals surface area contributed by atoms with E-state index in [9.17, 15) is 4.79 Å². The summed E-state index contributed by atoms with van der Waals surface area (Å²) >= 11 is 5.62. The minimum absolute atomic E-state index is 0.407. The Hall–Kier alpha value is -0.600. The Kier molecular flexibility index (Phi) is 18.3. The number of halogens is 1. The maximum atomic E-state index is 11.4. The Morgan fingerprint density at radius 1 is 0.741 bits per heavy atom. The van der Waals surface area contributed by atoms with Crippen molar-refractivity contribution in [2.24, 2.45) is 0 Å². The molecule has 1 N–H and O–H groups in total. The molecule has 0 radical (unpaired) electrons. The molecular weight excluding hydrogens is 374 g/mol. The van der Waals surface area contributed by atoms with Gasteiger partial charge in [-0.05, 0) is 33.6 Å². The number of unbranched alkanes of at least 4 members (excludes halogenated alkanes) is 3. The highest BCUT2D eigenvalue weighted by Crippen LogP contribution is 2.06. The van der Waals surface area contributed by atoms with Crippen molar-refractivity contribution in [3.05, 3.63) is 0 Å². The van der Waals surface area contributed by atoms with Crippen molar-refractivity contribution in [2.75, 3.05) is 65.3 Å². The van der Waals surface area contributed by atoms with Crippen molar-refractivity contribution < 1.29 is 28.5 Å². The third kappa shape index (κ3) is 23.4. The number of alkyl carbamates (subject to hydrolysis) is 1. The van der Waals surface area contributed by atoms with Crippen LogP contribution in [0.3, 0.4) is 0 Å². The number of amides is 1. The fourth-order valence-corrected chi connectivity index (χ4v) is 2.14. The van der Waals surface area contributed by atoms with Crippen LogP contribution in [0.4, 0.5) is 4.79 Å². The van der Waals surface area contributed by atoms with Gasteiger partial charge >= 0.3 is 6.09 Å². The normalized spacial score (nSPS) is 11.6. The Morgan fingerprint density at radius 3 is 1.74 bits per heavy atom. The highest BCUT2D eigenvalue weighted by atomic mass is 35.5. The van der Waals surface area contributed by atoms with Crippen molar-refractivity contribution >= 4 is 17.7 Å². The molecule has 162 valence electrons. The summed E-state index contributed by atoms with van der Waals surface area (Å²) in [6.07, 6.45) is 4.06. The quantitative estimate of drug-likeness (QED) is 0.275. The molecular formula is C19H38ClNO6. The Balaban J connectivity index is 3.12. The van der Waals surface area contributed by atoms with E-state index in [0.29, 0.717) is 52.8 Å². The standard InChI is InChI=1S/C19H38ClNO6/c1-19(2,3)27-18(22)21-9-11-24-13-15-26-17-16-25-14-12-23-10-7-5-4-6-8-20/h4-17H2,1-3H3,(H,21,22). The summed E-state index contributed by atoms with van der Waals surface area (Å²) in [5, 5.41) is 2.63. The molecule has 27 heavy (non-hydrogen) atoms. The first-order chi connectivity index (χ1) is 13.0. The molecule has 0 rings (SSSR count). The molecule has 0 aromatic rings. The van der Waals surface area contributed by atoms with E-state index < -0.39 is 11.7 Å². The first-order valence-corrected chi connectivity index (χ1v) is 10.3. The zero-order chi connectivity index (χ0) is 20.2. The number of nitrogens with one attached hydrogen (secondary N) is 1. The van der Waals surface area contributed by atoms with Crippen molar-refractivity contribution in [2.45, 2.75) is 52.1 Å². The summed E-state index contributed by atoms with van der Waals surface area (Å²) in [6.45, 7) is 10.3. The molecule has 7 nitrogen and oxygen atoms in total. The Morgan fingerprint density at radius 2 is 1.22 bits per heavy atom. The van der Waals surface area contributed by atoms with Gasteiger partial charge in [-0.1, -0.05) is 12.8 Å². The van der Waals surface area contributed by atoms with Gasteiger partial charge in [-0.3, -0.25) is 0 Å². The summed E-state index contributed by atoms with van der Waals surface area (Å²) in [5.74, 6) is 0.744. The topological polar surface area (TPSA) is 75.3 Å². The van der Waals surface area contributed by atoms with E-state index in [-0.39, 0.29) is 0 Å². The highest BCUT2D eigenvalue weighted by Gasteiger charge is 2.15. The largest absolute Gasteiger partial charge is 0.444 e. The lowest BCUT2D eigenvalue weighted by Gasteiger charge is -2.19. The van der Waals surface area contributed by atoms with Crippen molar-refractivity contribution in [1.29, 1.82) is 0 Å². The second kappa shape index (κ2) is 18.7. The summed E-state index contributed by atoms with van der Waals surface area (Å²) in [7, 11) is 0. The Labute approximate surface area is 169 Å². The molecule has 0 aliphatic rings. The van der Waals surface area contributed by atoms with E-state index in [4.69, 9.17) is 35.3 Å². The molecule has 0 saturated carbocycles. The lowest BCUT2D eigenvalue weighted by Crippen LogP contribution is -2.34. The number of alkyl halides is 1. The third-order valence-electron chi connectivity index (χ3n) is 3.20. The van der Waals surface area contributed by atoms with Crippen molar-refractivity contribution in [3.63, 3.8) is 0 Å².